The van der Waals surface area contributed by atoms with Crippen molar-refractivity contribution >= 4 is 11.8 Å². The van der Waals surface area contributed by atoms with E-state index >= 15 is 0 Å². The van der Waals surface area contributed by atoms with E-state index in [2.05, 4.69) is 29.2 Å². The third kappa shape index (κ3) is 3.59. The zero-order valence-corrected chi connectivity index (χ0v) is 16.1. The highest BCUT2D eigenvalue weighted by Crippen LogP contribution is 2.39. The molecule has 0 aromatic heterocycles. The number of piperidine rings is 1. The molecule has 28 heavy (non-hydrogen) atoms. The predicted octanol–water partition coefficient (Wildman–Crippen LogP) is 5.38. The van der Waals surface area contributed by atoms with Crippen molar-refractivity contribution in [3.63, 3.8) is 0 Å². The van der Waals surface area contributed by atoms with E-state index in [0.717, 1.165) is 17.6 Å². The molecule has 0 amide bonds. The van der Waals surface area contributed by atoms with E-state index in [9.17, 15) is 0 Å². The summed E-state index contributed by atoms with van der Waals surface area (Å²) in [5.41, 5.74) is 3.10. The summed E-state index contributed by atoms with van der Waals surface area (Å²) in [5.74, 6) is 1.28. The lowest BCUT2D eigenvalue weighted by atomic mass is 10.0. The second-order valence-corrected chi connectivity index (χ2v) is 7.61. The summed E-state index contributed by atoms with van der Waals surface area (Å²) in [6.45, 7) is 1.81. The van der Waals surface area contributed by atoms with Gasteiger partial charge in [0.1, 0.15) is 29.2 Å². The zero-order valence-electron chi connectivity index (χ0n) is 16.1. The summed E-state index contributed by atoms with van der Waals surface area (Å²) >= 11 is 0. The van der Waals surface area contributed by atoms with Crippen LogP contribution in [0, 0.1) is 22.7 Å². The molecule has 3 heterocycles. The minimum atomic E-state index is 0.0917. The highest BCUT2D eigenvalue weighted by Gasteiger charge is 2.36. The normalized spacial score (nSPS) is 23.5. The first-order chi connectivity index (χ1) is 13.7. The Bertz CT molecular complexity index is 935. The largest absolute Gasteiger partial charge is 0.462 e. The minimum Gasteiger partial charge on any atom is -0.462 e. The van der Waals surface area contributed by atoms with Crippen LogP contribution in [0.2, 0.25) is 0 Å². The first kappa shape index (κ1) is 18.1. The SMILES string of the molecule is CC1=CC(=C(C#N)C#N)C=C(C=Cc2ccc(N3C4CCCC3CC4)cc2)O1. The highest BCUT2D eigenvalue weighted by molar-refractivity contribution is 5.60. The standard InChI is InChI=1S/C24H23N3O/c1-17-13-19(20(15-25)16-26)14-24(28-17)12-7-18-5-8-23(9-6-18)27-21-3-2-4-22(27)11-10-21/h5-9,12-14,21-22H,2-4,10-11H2,1H3. The number of fused-ring (bicyclic) bond motifs is 2. The Kier molecular flexibility index (Phi) is 5.04. The Morgan fingerprint density at radius 1 is 1.00 bits per heavy atom. The van der Waals surface area contributed by atoms with Crippen LogP contribution in [0.25, 0.3) is 6.08 Å². The van der Waals surface area contributed by atoms with Crippen molar-refractivity contribution in [2.24, 2.45) is 0 Å². The van der Waals surface area contributed by atoms with Gasteiger partial charge < -0.3 is 9.64 Å². The average Bonchev–Trinajstić information content (AvgIpc) is 2.95. The molecule has 0 N–H and O–H groups in total. The van der Waals surface area contributed by atoms with Gasteiger partial charge in [0.2, 0.25) is 0 Å². The van der Waals surface area contributed by atoms with Crippen molar-refractivity contribution in [2.75, 3.05) is 4.90 Å². The van der Waals surface area contributed by atoms with Crippen LogP contribution in [-0.2, 0) is 4.74 Å². The molecular formula is C24H23N3O. The van der Waals surface area contributed by atoms with Gasteiger partial charge in [-0.3, -0.25) is 0 Å². The zero-order chi connectivity index (χ0) is 19.5. The topological polar surface area (TPSA) is 60.0 Å². The molecule has 4 rings (SSSR count). The average molecular weight is 369 g/mol. The van der Waals surface area contributed by atoms with E-state index in [1.54, 1.807) is 12.2 Å². The van der Waals surface area contributed by atoms with Gasteiger partial charge in [-0.1, -0.05) is 18.2 Å². The highest BCUT2D eigenvalue weighted by atomic mass is 16.5. The molecular weight excluding hydrogens is 346 g/mol. The molecule has 2 fully saturated rings. The molecule has 4 heteroatoms. The summed E-state index contributed by atoms with van der Waals surface area (Å²) < 4.78 is 5.71. The third-order valence-corrected chi connectivity index (χ3v) is 5.77. The molecule has 140 valence electrons. The van der Waals surface area contributed by atoms with Gasteiger partial charge in [-0.15, -0.1) is 0 Å². The first-order valence-electron chi connectivity index (χ1n) is 9.87. The van der Waals surface area contributed by atoms with Crippen molar-refractivity contribution < 1.29 is 4.74 Å². The van der Waals surface area contributed by atoms with Crippen LogP contribution in [0.15, 0.2) is 65.2 Å². The monoisotopic (exact) mass is 369 g/mol. The number of allylic oxidation sites excluding steroid dienone is 6. The minimum absolute atomic E-state index is 0.0917. The maximum atomic E-state index is 9.08. The predicted molar refractivity (Wildman–Crippen MR) is 110 cm³/mol. The number of hydrogen-bond donors (Lipinski definition) is 0. The fourth-order valence-corrected chi connectivity index (χ4v) is 4.51. The Morgan fingerprint density at radius 2 is 1.68 bits per heavy atom. The van der Waals surface area contributed by atoms with E-state index < -0.39 is 0 Å². The van der Waals surface area contributed by atoms with Gasteiger partial charge in [-0.25, -0.2) is 0 Å². The lowest BCUT2D eigenvalue weighted by Crippen LogP contribution is -2.39. The molecule has 3 aliphatic rings. The number of nitriles is 2. The molecule has 0 radical (unpaired) electrons. The molecule has 2 saturated heterocycles. The van der Waals surface area contributed by atoms with Gasteiger partial charge >= 0.3 is 0 Å². The molecule has 2 unspecified atom stereocenters. The van der Waals surface area contributed by atoms with Crippen LogP contribution < -0.4 is 4.90 Å². The van der Waals surface area contributed by atoms with Gasteiger partial charge in [0.15, 0.2) is 0 Å². The van der Waals surface area contributed by atoms with Crippen molar-refractivity contribution in [3.8, 4) is 12.1 Å². The maximum Gasteiger partial charge on any atom is 0.137 e. The summed E-state index contributed by atoms with van der Waals surface area (Å²) in [7, 11) is 0. The Morgan fingerprint density at radius 3 is 2.32 bits per heavy atom. The van der Waals surface area contributed by atoms with Crippen LogP contribution in [-0.4, -0.2) is 12.1 Å². The third-order valence-electron chi connectivity index (χ3n) is 5.77. The first-order valence-corrected chi connectivity index (χ1v) is 9.87. The molecule has 1 aromatic rings. The number of nitrogens with zero attached hydrogens (tertiary/aromatic N) is 3. The molecule has 2 bridgehead atoms. The van der Waals surface area contributed by atoms with Crippen molar-refractivity contribution in [2.45, 2.75) is 51.1 Å². The quantitative estimate of drug-likeness (QED) is 0.671. The van der Waals surface area contributed by atoms with Gasteiger partial charge in [-0.2, -0.15) is 10.5 Å². The number of ether oxygens (including phenoxy) is 1. The van der Waals surface area contributed by atoms with E-state index in [-0.39, 0.29) is 5.57 Å². The Balaban J connectivity index is 1.51. The molecule has 4 nitrogen and oxygen atoms in total. The van der Waals surface area contributed by atoms with Gasteiger partial charge in [0.25, 0.3) is 0 Å². The lowest BCUT2D eigenvalue weighted by molar-refractivity contribution is 0.318. The Labute approximate surface area is 166 Å². The summed E-state index contributed by atoms with van der Waals surface area (Å²) in [5, 5.41) is 18.2. The molecule has 2 atom stereocenters. The van der Waals surface area contributed by atoms with Gasteiger partial charge in [-0.05, 0) is 75.0 Å². The fraction of sp³-hybridized carbons (Fsp3) is 0.333. The fourth-order valence-electron chi connectivity index (χ4n) is 4.51. The van der Waals surface area contributed by atoms with E-state index in [4.69, 9.17) is 15.3 Å². The van der Waals surface area contributed by atoms with Crippen LogP contribution >= 0.6 is 0 Å². The van der Waals surface area contributed by atoms with Gasteiger partial charge in [0.05, 0.1) is 0 Å². The number of hydrogen-bond acceptors (Lipinski definition) is 4. The molecule has 0 saturated carbocycles. The maximum absolute atomic E-state index is 9.08. The summed E-state index contributed by atoms with van der Waals surface area (Å²) in [6, 6.07) is 14.0. The number of anilines is 1. The van der Waals surface area contributed by atoms with E-state index in [0.29, 0.717) is 17.1 Å². The van der Waals surface area contributed by atoms with Crippen LogP contribution in [0.5, 0.6) is 0 Å². The Hall–Kier alpha value is -3.24. The smallest absolute Gasteiger partial charge is 0.137 e. The lowest BCUT2D eigenvalue weighted by Gasteiger charge is -2.36. The van der Waals surface area contributed by atoms with Crippen LogP contribution in [0.1, 0.15) is 44.6 Å². The summed E-state index contributed by atoms with van der Waals surface area (Å²) in [6.07, 6.45) is 14.0. The van der Waals surface area contributed by atoms with Gasteiger partial charge in [0, 0.05) is 23.3 Å². The molecule has 3 aliphatic heterocycles. The summed E-state index contributed by atoms with van der Waals surface area (Å²) in [4.78, 5) is 2.63. The van der Waals surface area contributed by atoms with Crippen LogP contribution in [0.4, 0.5) is 5.69 Å². The second-order valence-electron chi connectivity index (χ2n) is 7.61. The molecule has 0 spiro atoms. The van der Waals surface area contributed by atoms with Crippen molar-refractivity contribution in [1.82, 2.24) is 0 Å². The second kappa shape index (κ2) is 7.79. The van der Waals surface area contributed by atoms with E-state index in [1.165, 1.54) is 37.8 Å². The van der Waals surface area contributed by atoms with Crippen LogP contribution in [0.3, 0.4) is 0 Å². The van der Waals surface area contributed by atoms with Crippen molar-refractivity contribution in [1.29, 1.82) is 10.5 Å². The number of rotatable bonds is 3. The van der Waals surface area contributed by atoms with Crippen molar-refractivity contribution in [3.05, 3.63) is 70.7 Å². The molecule has 1 aromatic carbocycles. The molecule has 0 aliphatic carbocycles. The van der Waals surface area contributed by atoms with E-state index in [1.807, 2.05) is 31.2 Å². The number of benzene rings is 1.